The standard InChI is InChI=1S/C7H6N4O/c8-7-9-6-5(4-12)2-1-3-11(6)10-7/h1-4H,(H2,8,10). The summed E-state index contributed by atoms with van der Waals surface area (Å²) in [6.45, 7) is 0. The van der Waals surface area contributed by atoms with Crippen LogP contribution in [0.25, 0.3) is 5.65 Å². The normalized spacial score (nSPS) is 10.3. The van der Waals surface area contributed by atoms with Crippen molar-refractivity contribution in [3.8, 4) is 0 Å². The van der Waals surface area contributed by atoms with Crippen LogP contribution in [0.15, 0.2) is 18.3 Å². The molecule has 5 nitrogen and oxygen atoms in total. The van der Waals surface area contributed by atoms with Gasteiger partial charge in [0.2, 0.25) is 5.95 Å². The van der Waals surface area contributed by atoms with Crippen LogP contribution in [0.5, 0.6) is 0 Å². The largest absolute Gasteiger partial charge is 0.366 e. The average Bonchev–Trinajstić information content (AvgIpc) is 2.44. The number of nitrogens with two attached hydrogens (primary N) is 1. The first-order valence-corrected chi connectivity index (χ1v) is 3.37. The number of hydrogen-bond donors (Lipinski definition) is 1. The first kappa shape index (κ1) is 6.78. The van der Waals surface area contributed by atoms with Crippen LogP contribution in [0.3, 0.4) is 0 Å². The van der Waals surface area contributed by atoms with Gasteiger partial charge in [-0.05, 0) is 12.1 Å². The van der Waals surface area contributed by atoms with Gasteiger partial charge in [-0.1, -0.05) is 0 Å². The van der Waals surface area contributed by atoms with Gasteiger partial charge in [0.05, 0.1) is 5.56 Å². The van der Waals surface area contributed by atoms with Gasteiger partial charge in [0, 0.05) is 6.20 Å². The minimum absolute atomic E-state index is 0.171. The van der Waals surface area contributed by atoms with Crippen molar-refractivity contribution in [2.24, 2.45) is 0 Å². The highest BCUT2D eigenvalue weighted by molar-refractivity contribution is 5.84. The number of rotatable bonds is 1. The Bertz CT molecular complexity index is 434. The predicted octanol–water partition coefficient (Wildman–Crippen LogP) is 0.124. The fraction of sp³-hybridized carbons (Fsp3) is 0. The molecule has 0 aliphatic heterocycles. The van der Waals surface area contributed by atoms with Gasteiger partial charge in [-0.3, -0.25) is 4.79 Å². The zero-order chi connectivity index (χ0) is 8.55. The number of aldehydes is 1. The predicted molar refractivity (Wildman–Crippen MR) is 42.8 cm³/mol. The third-order valence-electron chi connectivity index (χ3n) is 1.54. The lowest BCUT2D eigenvalue weighted by atomic mass is 10.3. The summed E-state index contributed by atoms with van der Waals surface area (Å²) in [6.07, 6.45) is 2.41. The first-order chi connectivity index (χ1) is 5.81. The molecule has 2 aromatic heterocycles. The molecule has 0 aliphatic carbocycles. The van der Waals surface area contributed by atoms with Crippen LogP contribution >= 0.6 is 0 Å². The van der Waals surface area contributed by atoms with Crippen molar-refractivity contribution in [1.82, 2.24) is 14.6 Å². The van der Waals surface area contributed by atoms with Crippen molar-refractivity contribution in [3.05, 3.63) is 23.9 Å². The van der Waals surface area contributed by atoms with E-state index in [1.807, 2.05) is 0 Å². The fourth-order valence-corrected chi connectivity index (χ4v) is 1.04. The molecule has 0 spiro atoms. The summed E-state index contributed by atoms with van der Waals surface area (Å²) in [5, 5.41) is 3.85. The van der Waals surface area contributed by atoms with Crippen LogP contribution < -0.4 is 5.73 Å². The molecule has 0 aliphatic rings. The highest BCUT2D eigenvalue weighted by atomic mass is 16.1. The van der Waals surface area contributed by atoms with Crippen molar-refractivity contribution >= 4 is 17.9 Å². The number of pyridine rings is 1. The topological polar surface area (TPSA) is 73.3 Å². The maximum absolute atomic E-state index is 10.5. The van der Waals surface area contributed by atoms with Crippen molar-refractivity contribution in [2.75, 3.05) is 5.73 Å². The molecule has 0 bridgehead atoms. The van der Waals surface area contributed by atoms with E-state index >= 15 is 0 Å². The molecule has 0 atom stereocenters. The third kappa shape index (κ3) is 0.833. The van der Waals surface area contributed by atoms with E-state index in [4.69, 9.17) is 5.73 Å². The second-order valence-electron chi connectivity index (χ2n) is 2.32. The monoisotopic (exact) mass is 162 g/mol. The van der Waals surface area contributed by atoms with Gasteiger partial charge >= 0.3 is 0 Å². The molecule has 60 valence electrons. The second-order valence-corrected chi connectivity index (χ2v) is 2.32. The van der Waals surface area contributed by atoms with Gasteiger partial charge in [0.25, 0.3) is 0 Å². The van der Waals surface area contributed by atoms with Crippen molar-refractivity contribution in [3.63, 3.8) is 0 Å². The van der Waals surface area contributed by atoms with Gasteiger partial charge < -0.3 is 5.73 Å². The molecule has 0 saturated heterocycles. The smallest absolute Gasteiger partial charge is 0.240 e. The molecule has 0 aromatic carbocycles. The van der Waals surface area contributed by atoms with Crippen LogP contribution in [0.1, 0.15) is 10.4 Å². The zero-order valence-electron chi connectivity index (χ0n) is 6.14. The number of nitrogen functional groups attached to an aromatic ring is 1. The summed E-state index contributed by atoms with van der Waals surface area (Å²) >= 11 is 0. The van der Waals surface area contributed by atoms with E-state index in [9.17, 15) is 4.79 Å². The Labute approximate surface area is 67.8 Å². The number of carbonyl (C=O) groups is 1. The van der Waals surface area contributed by atoms with Crippen LogP contribution in [-0.2, 0) is 0 Å². The van der Waals surface area contributed by atoms with E-state index in [2.05, 4.69) is 10.1 Å². The Morgan fingerprint density at radius 1 is 1.58 bits per heavy atom. The molecule has 2 rings (SSSR count). The maximum atomic E-state index is 10.5. The first-order valence-electron chi connectivity index (χ1n) is 3.37. The van der Waals surface area contributed by atoms with Crippen LogP contribution in [0.2, 0.25) is 0 Å². The molecular weight excluding hydrogens is 156 g/mol. The molecule has 2 heterocycles. The molecule has 0 radical (unpaired) electrons. The molecule has 12 heavy (non-hydrogen) atoms. The SMILES string of the molecule is Nc1nc2c(C=O)cccn2n1. The second kappa shape index (κ2) is 2.30. The Morgan fingerprint density at radius 2 is 2.42 bits per heavy atom. The summed E-state index contributed by atoms with van der Waals surface area (Å²) in [7, 11) is 0. The van der Waals surface area contributed by atoms with E-state index in [0.717, 1.165) is 6.29 Å². The van der Waals surface area contributed by atoms with E-state index in [-0.39, 0.29) is 5.95 Å². The minimum atomic E-state index is 0.171. The van der Waals surface area contributed by atoms with Crippen LogP contribution in [0, 0.1) is 0 Å². The Hall–Kier alpha value is -1.91. The number of fused-ring (bicyclic) bond motifs is 1. The van der Waals surface area contributed by atoms with Gasteiger partial charge in [0.15, 0.2) is 11.9 Å². The number of carbonyl (C=O) groups excluding carboxylic acids is 1. The summed E-state index contributed by atoms with van der Waals surface area (Å²) in [5.41, 5.74) is 6.33. The summed E-state index contributed by atoms with van der Waals surface area (Å²) in [4.78, 5) is 14.4. The number of hydrogen-bond acceptors (Lipinski definition) is 4. The van der Waals surface area contributed by atoms with Gasteiger partial charge in [0.1, 0.15) is 0 Å². The molecule has 0 amide bonds. The van der Waals surface area contributed by atoms with Crippen molar-refractivity contribution in [2.45, 2.75) is 0 Å². The van der Waals surface area contributed by atoms with Gasteiger partial charge in [-0.2, -0.15) is 4.98 Å². The van der Waals surface area contributed by atoms with Crippen molar-refractivity contribution < 1.29 is 4.79 Å². The van der Waals surface area contributed by atoms with Gasteiger partial charge in [-0.15, -0.1) is 5.10 Å². The number of nitrogens with zero attached hydrogens (tertiary/aromatic N) is 3. The van der Waals surface area contributed by atoms with Gasteiger partial charge in [-0.25, -0.2) is 4.52 Å². The highest BCUT2D eigenvalue weighted by Gasteiger charge is 2.03. The highest BCUT2D eigenvalue weighted by Crippen LogP contribution is 2.06. The molecule has 2 N–H and O–H groups in total. The molecule has 0 fully saturated rings. The van der Waals surface area contributed by atoms with E-state index < -0.39 is 0 Å². The Morgan fingerprint density at radius 3 is 3.17 bits per heavy atom. The van der Waals surface area contributed by atoms with E-state index in [1.165, 1.54) is 4.52 Å². The lowest BCUT2D eigenvalue weighted by molar-refractivity contribution is 0.112. The fourth-order valence-electron chi connectivity index (χ4n) is 1.04. The van der Waals surface area contributed by atoms with Crippen LogP contribution in [0.4, 0.5) is 5.95 Å². The number of aromatic nitrogens is 3. The lowest BCUT2D eigenvalue weighted by Crippen LogP contribution is -1.90. The van der Waals surface area contributed by atoms with Crippen LogP contribution in [-0.4, -0.2) is 20.9 Å². The summed E-state index contributed by atoms with van der Waals surface area (Å²) in [6, 6.07) is 3.38. The lowest BCUT2D eigenvalue weighted by Gasteiger charge is -1.91. The average molecular weight is 162 g/mol. The maximum Gasteiger partial charge on any atom is 0.240 e. The Balaban J connectivity index is 2.86. The Kier molecular flexibility index (Phi) is 1.30. The van der Waals surface area contributed by atoms with E-state index in [0.29, 0.717) is 11.2 Å². The van der Waals surface area contributed by atoms with Crippen molar-refractivity contribution in [1.29, 1.82) is 0 Å². The molecule has 0 unspecified atom stereocenters. The molecular formula is C7H6N4O. The summed E-state index contributed by atoms with van der Waals surface area (Å²) < 4.78 is 1.47. The molecule has 0 saturated carbocycles. The molecule has 5 heteroatoms. The van der Waals surface area contributed by atoms with E-state index in [1.54, 1.807) is 18.3 Å². The zero-order valence-corrected chi connectivity index (χ0v) is 6.14. The number of anilines is 1. The summed E-state index contributed by atoms with van der Waals surface area (Å²) in [5.74, 6) is 0.171. The third-order valence-corrected chi connectivity index (χ3v) is 1.54. The quantitative estimate of drug-likeness (QED) is 0.604. The minimum Gasteiger partial charge on any atom is -0.366 e. The molecule has 2 aromatic rings.